The molecule has 2 aromatic rings. The summed E-state index contributed by atoms with van der Waals surface area (Å²) in [5.41, 5.74) is -2.16. The molecule has 1 aromatic carbocycles. The van der Waals surface area contributed by atoms with Crippen LogP contribution in [-0.4, -0.2) is 50.3 Å². The monoisotopic (exact) mass is 511 g/mol. The predicted molar refractivity (Wildman–Crippen MR) is 124 cm³/mol. The fraction of sp³-hybridized carbons (Fsp3) is 0.364. The second-order valence-electron chi connectivity index (χ2n) is 7.95. The van der Waals surface area contributed by atoms with Crippen molar-refractivity contribution in [3.63, 3.8) is 0 Å². The smallest absolute Gasteiger partial charge is 0.322 e. The van der Waals surface area contributed by atoms with Crippen LogP contribution in [0, 0.1) is 0 Å². The summed E-state index contributed by atoms with van der Waals surface area (Å²) >= 11 is 11.9. The summed E-state index contributed by atoms with van der Waals surface area (Å²) in [7, 11) is 0. The van der Waals surface area contributed by atoms with Crippen molar-refractivity contribution in [2.45, 2.75) is 44.7 Å². The van der Waals surface area contributed by atoms with Crippen molar-refractivity contribution < 1.29 is 29.7 Å². The van der Waals surface area contributed by atoms with Crippen LogP contribution >= 0.6 is 23.2 Å². The number of aromatic hydroxyl groups is 2. The van der Waals surface area contributed by atoms with Crippen LogP contribution in [0.5, 0.6) is 11.6 Å². The average molecular weight is 512 g/mol. The summed E-state index contributed by atoms with van der Waals surface area (Å²) in [5.74, 6) is -5.42. The van der Waals surface area contributed by atoms with Gasteiger partial charge in [-0.3, -0.25) is 23.7 Å². The van der Waals surface area contributed by atoms with Crippen molar-refractivity contribution in [2.24, 2.45) is 0 Å². The van der Waals surface area contributed by atoms with E-state index in [4.69, 9.17) is 28.3 Å². The Labute approximate surface area is 204 Å². The highest BCUT2D eigenvalue weighted by molar-refractivity contribution is 6.42. The Hall–Kier alpha value is -3.24. The van der Waals surface area contributed by atoms with Gasteiger partial charge < -0.3 is 26.0 Å². The summed E-state index contributed by atoms with van der Waals surface area (Å²) in [5, 5.41) is 35.4. The van der Waals surface area contributed by atoms with E-state index in [0.717, 1.165) is 23.8 Å². The third kappa shape index (κ3) is 5.63. The molecule has 1 saturated carbocycles. The zero-order valence-electron chi connectivity index (χ0n) is 17.9. The highest BCUT2D eigenvalue weighted by Gasteiger charge is 2.31. The normalized spacial score (nSPS) is 13.9. The van der Waals surface area contributed by atoms with E-state index in [2.05, 4.69) is 5.32 Å². The third-order valence-electron chi connectivity index (χ3n) is 5.53. The topological polar surface area (TPSA) is 158 Å². The van der Waals surface area contributed by atoms with Crippen molar-refractivity contribution in [3.8, 4) is 11.6 Å². The first-order chi connectivity index (χ1) is 16.1. The maximum Gasteiger partial charge on any atom is 0.322 e. The molecule has 1 aromatic heterocycles. The van der Waals surface area contributed by atoms with Gasteiger partial charge in [0.05, 0.1) is 16.6 Å². The minimum Gasteiger partial charge on any atom is -0.506 e. The molecular formula is C22H23Cl2N3O7. The van der Waals surface area contributed by atoms with Gasteiger partial charge in [0.1, 0.15) is 17.7 Å². The molecule has 1 aliphatic rings. The molecule has 34 heavy (non-hydrogen) atoms. The van der Waals surface area contributed by atoms with E-state index in [9.17, 15) is 29.4 Å². The highest BCUT2D eigenvalue weighted by Crippen LogP contribution is 2.30. The molecule has 0 aliphatic heterocycles. The summed E-state index contributed by atoms with van der Waals surface area (Å²) in [6.45, 7) is -1.13. The van der Waals surface area contributed by atoms with Crippen LogP contribution in [0.2, 0.25) is 10.0 Å². The number of carbonyl (C=O) groups excluding carboxylic acids is 2. The maximum absolute atomic E-state index is 13.2. The van der Waals surface area contributed by atoms with Gasteiger partial charge in [0.15, 0.2) is 5.75 Å². The van der Waals surface area contributed by atoms with Crippen LogP contribution in [0.4, 0.5) is 0 Å². The molecule has 12 heteroatoms. The predicted octanol–water partition coefficient (Wildman–Crippen LogP) is 2.49. The van der Waals surface area contributed by atoms with Crippen LogP contribution in [0.3, 0.4) is 0 Å². The first-order valence-electron chi connectivity index (χ1n) is 10.5. The molecule has 0 bridgehead atoms. The number of benzene rings is 1. The molecule has 0 radical (unpaired) electrons. The fourth-order valence-corrected chi connectivity index (χ4v) is 4.15. The van der Waals surface area contributed by atoms with Crippen LogP contribution in [0.1, 0.15) is 58.4 Å². The molecule has 0 saturated heterocycles. The molecule has 1 heterocycles. The van der Waals surface area contributed by atoms with Crippen LogP contribution in [-0.2, 0) is 11.3 Å². The molecule has 0 spiro atoms. The number of aliphatic carboxylic acids is 1. The number of carboxylic acids is 1. The van der Waals surface area contributed by atoms with Crippen LogP contribution < -0.4 is 16.2 Å². The number of halogens is 2. The molecule has 0 unspecified atom stereocenters. The molecule has 2 amide bonds. The first-order valence-corrected chi connectivity index (χ1v) is 11.3. The number of amides is 2. The molecule has 1 fully saturated rings. The zero-order valence-corrected chi connectivity index (χ0v) is 19.4. The Kier molecular flexibility index (Phi) is 8.06. The third-order valence-corrected chi connectivity index (χ3v) is 6.27. The van der Waals surface area contributed by atoms with Gasteiger partial charge >= 0.3 is 5.97 Å². The van der Waals surface area contributed by atoms with E-state index in [1.165, 1.54) is 18.2 Å². The lowest BCUT2D eigenvalue weighted by molar-refractivity contribution is -0.135. The summed E-state index contributed by atoms with van der Waals surface area (Å²) in [6.07, 6.45) is 4.23. The second kappa shape index (κ2) is 10.8. The average Bonchev–Trinajstić information content (AvgIpc) is 2.78. The van der Waals surface area contributed by atoms with E-state index in [0.29, 0.717) is 18.4 Å². The Morgan fingerprint density at radius 2 is 1.68 bits per heavy atom. The fourth-order valence-electron chi connectivity index (χ4n) is 3.83. The molecule has 1 aliphatic carbocycles. The van der Waals surface area contributed by atoms with Crippen molar-refractivity contribution in [3.05, 3.63) is 55.3 Å². The van der Waals surface area contributed by atoms with Crippen molar-refractivity contribution in [2.75, 3.05) is 6.54 Å². The lowest BCUT2D eigenvalue weighted by Crippen LogP contribution is -2.41. The van der Waals surface area contributed by atoms with Gasteiger partial charge in [-0.1, -0.05) is 48.5 Å². The minimum absolute atomic E-state index is 0.181. The SMILES string of the molecule is O=C(O)CNC(=O)c1c(O)c(C(=O)NC2CCCCC2)c(=O)n(Cc2ccc(Cl)c(Cl)c2)c1O. The van der Waals surface area contributed by atoms with Gasteiger partial charge in [-0.2, -0.15) is 0 Å². The number of nitrogens with one attached hydrogen (secondary N) is 2. The highest BCUT2D eigenvalue weighted by atomic mass is 35.5. The Morgan fingerprint density at radius 3 is 2.29 bits per heavy atom. The van der Waals surface area contributed by atoms with Crippen LogP contribution in [0.15, 0.2) is 23.0 Å². The summed E-state index contributed by atoms with van der Waals surface area (Å²) in [6, 6.07) is 4.23. The summed E-state index contributed by atoms with van der Waals surface area (Å²) < 4.78 is 0.727. The number of rotatable bonds is 7. The molecular weight excluding hydrogens is 489 g/mol. The van der Waals surface area contributed by atoms with E-state index >= 15 is 0 Å². The number of aromatic nitrogens is 1. The number of carbonyl (C=O) groups is 3. The van der Waals surface area contributed by atoms with Crippen molar-refractivity contribution in [1.29, 1.82) is 0 Å². The van der Waals surface area contributed by atoms with E-state index in [-0.39, 0.29) is 22.6 Å². The van der Waals surface area contributed by atoms with Crippen molar-refractivity contribution in [1.82, 2.24) is 15.2 Å². The van der Waals surface area contributed by atoms with E-state index < -0.39 is 52.6 Å². The van der Waals surface area contributed by atoms with Gasteiger partial charge in [-0.05, 0) is 30.5 Å². The number of pyridine rings is 1. The lowest BCUT2D eigenvalue weighted by Gasteiger charge is -2.23. The number of nitrogens with zero attached hydrogens (tertiary/aromatic N) is 1. The van der Waals surface area contributed by atoms with Gasteiger partial charge in [0.2, 0.25) is 5.88 Å². The molecule has 10 nitrogen and oxygen atoms in total. The van der Waals surface area contributed by atoms with Gasteiger partial charge in [0, 0.05) is 6.04 Å². The summed E-state index contributed by atoms with van der Waals surface area (Å²) in [4.78, 5) is 49.6. The molecule has 3 rings (SSSR count). The number of hydrogen-bond acceptors (Lipinski definition) is 6. The van der Waals surface area contributed by atoms with E-state index in [1.54, 1.807) is 0 Å². The zero-order chi connectivity index (χ0) is 25.0. The first kappa shape index (κ1) is 25.4. The standard InChI is InChI=1S/C22H23Cl2N3O7/c23-13-7-6-11(8-14(13)24)10-27-21(33)16(19(31)25-9-15(28)29)18(30)17(22(27)34)20(32)26-12-4-2-1-3-5-12/h6-8,12,30,33H,1-5,9-10H2,(H,25,31)(H,26,32)(H,28,29). The lowest BCUT2D eigenvalue weighted by atomic mass is 9.95. The van der Waals surface area contributed by atoms with Gasteiger partial charge in [-0.25, -0.2) is 0 Å². The minimum atomic E-state index is -1.37. The molecule has 5 N–H and O–H groups in total. The molecule has 0 atom stereocenters. The van der Waals surface area contributed by atoms with Gasteiger partial charge in [-0.15, -0.1) is 0 Å². The molecule has 182 valence electrons. The van der Waals surface area contributed by atoms with Gasteiger partial charge in [0.25, 0.3) is 17.4 Å². The second-order valence-corrected chi connectivity index (χ2v) is 8.76. The maximum atomic E-state index is 13.2. The Bertz CT molecular complexity index is 1190. The van der Waals surface area contributed by atoms with Crippen molar-refractivity contribution >= 4 is 41.0 Å². The quantitative estimate of drug-likeness (QED) is 0.381. The van der Waals surface area contributed by atoms with E-state index in [1.807, 2.05) is 5.32 Å². The Morgan fingerprint density at radius 1 is 1.00 bits per heavy atom. The Balaban J connectivity index is 2.09. The number of carboxylic acid groups (broad SMARTS) is 1. The largest absolute Gasteiger partial charge is 0.506 e. The van der Waals surface area contributed by atoms with Crippen LogP contribution in [0.25, 0.3) is 0 Å². The number of hydrogen-bond donors (Lipinski definition) is 5.